The predicted octanol–water partition coefficient (Wildman–Crippen LogP) is 0.375. The molecule has 1 rings (SSSR count). The van der Waals surface area contributed by atoms with E-state index in [1.54, 1.807) is 44.4 Å². The lowest BCUT2D eigenvalue weighted by Crippen LogP contribution is -2.37. The number of hydrogen-bond donors (Lipinski definition) is 0. The van der Waals surface area contributed by atoms with E-state index in [2.05, 4.69) is 0 Å². The fourth-order valence-electron chi connectivity index (χ4n) is 1.09. The molecule has 0 saturated carbocycles. The molecule has 0 N–H and O–H groups in total. The summed E-state index contributed by atoms with van der Waals surface area (Å²) >= 11 is -2.46. The molecule has 0 aliphatic rings. The normalized spacial score (nSPS) is 11.9. The van der Waals surface area contributed by atoms with E-state index < -0.39 is 11.3 Å². The first-order valence-corrected chi connectivity index (χ1v) is 5.67. The van der Waals surface area contributed by atoms with Crippen LogP contribution in [0, 0.1) is 0 Å². The van der Waals surface area contributed by atoms with Crippen LogP contribution in [-0.2, 0) is 16.1 Å². The minimum Gasteiger partial charge on any atom is -0.755 e. The minimum atomic E-state index is -2.46. The molecule has 1 aromatic carbocycles. The lowest BCUT2D eigenvalue weighted by atomic mass is 10.3. The Labute approximate surface area is 97.1 Å². The van der Waals surface area contributed by atoms with Gasteiger partial charge in [0, 0.05) is 31.0 Å². The average Bonchev–Trinajstić information content (AvgIpc) is 2.26. The van der Waals surface area contributed by atoms with Crippen LogP contribution in [0.15, 0.2) is 30.3 Å². The van der Waals surface area contributed by atoms with E-state index in [0.29, 0.717) is 5.69 Å². The van der Waals surface area contributed by atoms with Crippen LogP contribution in [-0.4, -0.2) is 40.2 Å². The Morgan fingerprint density at radius 2 is 1.88 bits per heavy atom. The number of benzene rings is 1. The molecule has 0 saturated heterocycles. The average molecular weight is 241 g/mol. The van der Waals surface area contributed by atoms with Crippen molar-refractivity contribution in [2.75, 3.05) is 24.9 Å². The maximum absolute atomic E-state index is 11.4. The number of rotatable bonds is 4. The SMILES string of the molecule is CN(C)C(=O)CN(c1ccccc1)S(=O)[O-]. The van der Waals surface area contributed by atoms with Gasteiger partial charge >= 0.3 is 0 Å². The van der Waals surface area contributed by atoms with Crippen molar-refractivity contribution in [1.29, 1.82) is 0 Å². The van der Waals surface area contributed by atoms with Gasteiger partial charge in [0.15, 0.2) is 0 Å². The Morgan fingerprint density at radius 3 is 2.31 bits per heavy atom. The largest absolute Gasteiger partial charge is 0.755 e. The van der Waals surface area contributed by atoms with Gasteiger partial charge < -0.3 is 9.45 Å². The zero-order valence-corrected chi connectivity index (χ0v) is 9.94. The predicted molar refractivity (Wildman–Crippen MR) is 61.4 cm³/mol. The quantitative estimate of drug-likeness (QED) is 0.716. The van der Waals surface area contributed by atoms with Crippen LogP contribution in [0.5, 0.6) is 0 Å². The summed E-state index contributed by atoms with van der Waals surface area (Å²) in [5.41, 5.74) is 0.478. The highest BCUT2D eigenvalue weighted by Crippen LogP contribution is 2.14. The highest BCUT2D eigenvalue weighted by Gasteiger charge is 2.13. The number of carbonyl (C=O) groups is 1. The van der Waals surface area contributed by atoms with E-state index in [-0.39, 0.29) is 12.5 Å². The van der Waals surface area contributed by atoms with E-state index >= 15 is 0 Å². The summed E-state index contributed by atoms with van der Waals surface area (Å²) in [6, 6.07) is 8.49. The Bertz CT molecular complexity index is 381. The molecule has 0 heterocycles. The zero-order valence-electron chi connectivity index (χ0n) is 9.12. The highest BCUT2D eigenvalue weighted by atomic mass is 32.2. The van der Waals surface area contributed by atoms with Gasteiger partial charge in [-0.05, 0) is 12.1 Å². The molecule has 0 aliphatic carbocycles. The number of nitrogens with zero attached hydrogens (tertiary/aromatic N) is 2. The molecule has 1 aromatic rings. The monoisotopic (exact) mass is 241 g/mol. The zero-order chi connectivity index (χ0) is 12.1. The molecule has 0 bridgehead atoms. The molecule has 5 nitrogen and oxygen atoms in total. The molecule has 1 atom stereocenters. The lowest BCUT2D eigenvalue weighted by molar-refractivity contribution is -0.127. The molecule has 1 unspecified atom stereocenters. The Balaban J connectivity index is 2.85. The van der Waals surface area contributed by atoms with Crippen molar-refractivity contribution in [3.05, 3.63) is 30.3 Å². The second kappa shape index (κ2) is 5.62. The molecular weight excluding hydrogens is 228 g/mol. The summed E-state index contributed by atoms with van der Waals surface area (Å²) in [5, 5.41) is 0. The molecule has 0 aliphatic heterocycles. The van der Waals surface area contributed by atoms with Gasteiger partial charge in [-0.1, -0.05) is 18.2 Å². The topological polar surface area (TPSA) is 63.7 Å². The van der Waals surface area contributed by atoms with Crippen molar-refractivity contribution < 1.29 is 13.6 Å². The van der Waals surface area contributed by atoms with Crippen molar-refractivity contribution in [2.45, 2.75) is 0 Å². The highest BCUT2D eigenvalue weighted by molar-refractivity contribution is 7.80. The summed E-state index contributed by atoms with van der Waals surface area (Å²) in [4.78, 5) is 12.8. The first-order chi connectivity index (χ1) is 7.52. The maximum Gasteiger partial charge on any atom is 0.242 e. The molecule has 88 valence electrons. The van der Waals surface area contributed by atoms with Gasteiger partial charge in [0.1, 0.15) is 6.54 Å². The van der Waals surface area contributed by atoms with Gasteiger partial charge in [-0.3, -0.25) is 13.3 Å². The van der Waals surface area contributed by atoms with Gasteiger partial charge in [0.25, 0.3) is 0 Å². The second-order valence-corrected chi connectivity index (χ2v) is 4.25. The van der Waals surface area contributed by atoms with Crippen LogP contribution in [0.2, 0.25) is 0 Å². The van der Waals surface area contributed by atoms with Crippen LogP contribution in [0.1, 0.15) is 0 Å². The first kappa shape index (κ1) is 12.7. The van der Waals surface area contributed by atoms with Crippen LogP contribution in [0.4, 0.5) is 5.69 Å². The summed E-state index contributed by atoms with van der Waals surface area (Å²) in [6.07, 6.45) is 0. The van der Waals surface area contributed by atoms with E-state index in [0.717, 1.165) is 4.31 Å². The summed E-state index contributed by atoms with van der Waals surface area (Å²) < 4.78 is 23.0. The van der Waals surface area contributed by atoms with Gasteiger partial charge in [0.05, 0.1) is 0 Å². The molecule has 0 aromatic heterocycles. The number of likely N-dealkylation sites (N-methyl/N-ethyl adjacent to an activating group) is 1. The minimum absolute atomic E-state index is 0.187. The number of amides is 1. The van der Waals surface area contributed by atoms with Crippen LogP contribution in [0.3, 0.4) is 0 Å². The third-order valence-electron chi connectivity index (χ3n) is 2.00. The van der Waals surface area contributed by atoms with Crippen molar-refractivity contribution in [1.82, 2.24) is 4.90 Å². The standard InChI is InChI=1S/C10H14N2O3S/c1-11(2)10(13)8-12(16(14)15)9-6-4-3-5-7-9/h3-7H,8H2,1-2H3,(H,14,15)/p-1. The Hall–Kier alpha value is -1.40. The third-order valence-corrected chi connectivity index (χ3v) is 2.70. The number of para-hydroxylation sites is 1. The molecule has 16 heavy (non-hydrogen) atoms. The van der Waals surface area contributed by atoms with Gasteiger partial charge in [-0.15, -0.1) is 0 Å². The molecule has 0 radical (unpaired) electrons. The number of hydrogen-bond acceptors (Lipinski definition) is 3. The van der Waals surface area contributed by atoms with Crippen LogP contribution < -0.4 is 4.31 Å². The smallest absolute Gasteiger partial charge is 0.242 e. The van der Waals surface area contributed by atoms with Crippen molar-refractivity contribution in [2.24, 2.45) is 0 Å². The third kappa shape index (κ3) is 3.32. The first-order valence-electron chi connectivity index (χ1n) is 4.64. The molecule has 1 amide bonds. The molecule has 0 spiro atoms. The summed E-state index contributed by atoms with van der Waals surface area (Å²) in [5.74, 6) is -0.270. The van der Waals surface area contributed by atoms with Crippen molar-refractivity contribution in [3.8, 4) is 0 Å². The van der Waals surface area contributed by atoms with Gasteiger partial charge in [-0.2, -0.15) is 0 Å². The van der Waals surface area contributed by atoms with Gasteiger partial charge in [0.2, 0.25) is 5.91 Å². The molecule has 6 heteroatoms. The second-order valence-electron chi connectivity index (χ2n) is 3.38. The van der Waals surface area contributed by atoms with Gasteiger partial charge in [-0.25, -0.2) is 0 Å². The molecular formula is C10H13N2O3S-. The van der Waals surface area contributed by atoms with E-state index in [1.165, 1.54) is 4.90 Å². The lowest BCUT2D eigenvalue weighted by Gasteiger charge is -2.26. The Morgan fingerprint density at radius 1 is 1.31 bits per heavy atom. The summed E-state index contributed by atoms with van der Waals surface area (Å²) in [7, 11) is 3.17. The number of anilines is 1. The van der Waals surface area contributed by atoms with E-state index in [9.17, 15) is 13.6 Å². The van der Waals surface area contributed by atoms with Crippen molar-refractivity contribution >= 4 is 22.9 Å². The molecule has 0 fully saturated rings. The van der Waals surface area contributed by atoms with E-state index in [1.807, 2.05) is 0 Å². The Kier molecular flexibility index (Phi) is 4.45. The fourth-order valence-corrected chi connectivity index (χ4v) is 1.60. The maximum atomic E-state index is 11.4. The summed E-state index contributed by atoms with van der Waals surface area (Å²) in [6.45, 7) is -0.187. The van der Waals surface area contributed by atoms with Crippen molar-refractivity contribution in [3.63, 3.8) is 0 Å². The van der Waals surface area contributed by atoms with Crippen LogP contribution >= 0.6 is 0 Å². The number of carbonyl (C=O) groups excluding carboxylic acids is 1. The fraction of sp³-hybridized carbons (Fsp3) is 0.300. The van der Waals surface area contributed by atoms with E-state index in [4.69, 9.17) is 0 Å². The van der Waals surface area contributed by atoms with Crippen LogP contribution in [0.25, 0.3) is 0 Å².